The van der Waals surface area contributed by atoms with Gasteiger partial charge in [-0.05, 0) is 18.6 Å². The summed E-state index contributed by atoms with van der Waals surface area (Å²) in [6.07, 6.45) is 0. The number of hydrogen-bond acceptors (Lipinski definition) is 5. The van der Waals surface area contributed by atoms with Crippen LogP contribution < -0.4 is 5.73 Å². The van der Waals surface area contributed by atoms with Gasteiger partial charge < -0.3 is 5.73 Å². The molecule has 1 heterocycles. The number of nitrogens with two attached hydrogens (primary N) is 1. The molecule has 0 unspecified atom stereocenters. The molecule has 0 aliphatic heterocycles. The Morgan fingerprint density at radius 2 is 2.00 bits per heavy atom. The zero-order valence-electron chi connectivity index (χ0n) is 11.9. The molecule has 1 aromatic heterocycles. The molecule has 20 heavy (non-hydrogen) atoms. The van der Waals surface area contributed by atoms with Gasteiger partial charge >= 0.3 is 0 Å². The first-order chi connectivity index (χ1) is 9.21. The van der Waals surface area contributed by atoms with Gasteiger partial charge in [0.25, 0.3) is 5.69 Å². The average molecular weight is 275 g/mol. The maximum Gasteiger partial charge on any atom is 0.295 e. The third-order valence-corrected chi connectivity index (χ3v) is 2.96. The van der Waals surface area contributed by atoms with Gasteiger partial charge in [-0.2, -0.15) is 0 Å². The van der Waals surface area contributed by atoms with Gasteiger partial charge in [0, 0.05) is 11.5 Å². The molecule has 0 saturated heterocycles. The van der Waals surface area contributed by atoms with E-state index in [4.69, 9.17) is 5.73 Å². The minimum absolute atomic E-state index is 0.0135. The molecule has 0 aliphatic carbocycles. The van der Waals surface area contributed by atoms with E-state index in [2.05, 4.69) is 10.3 Å². The number of benzene rings is 1. The largest absolute Gasteiger partial charge is 0.381 e. The van der Waals surface area contributed by atoms with E-state index in [1.54, 1.807) is 19.1 Å². The fourth-order valence-corrected chi connectivity index (χ4v) is 2.12. The number of nitrogens with zero attached hydrogens (tertiary/aromatic N) is 4. The van der Waals surface area contributed by atoms with Crippen LogP contribution in [-0.4, -0.2) is 19.9 Å². The van der Waals surface area contributed by atoms with Gasteiger partial charge in [-0.25, -0.2) is 4.68 Å². The Morgan fingerprint density at radius 3 is 2.55 bits per heavy atom. The molecule has 7 heteroatoms. The first-order valence-corrected chi connectivity index (χ1v) is 6.19. The molecule has 0 spiro atoms. The van der Waals surface area contributed by atoms with Crippen molar-refractivity contribution in [2.24, 2.45) is 0 Å². The second kappa shape index (κ2) is 4.59. The number of nitrogen functional groups attached to an aromatic ring is 1. The van der Waals surface area contributed by atoms with Crippen molar-refractivity contribution in [3.63, 3.8) is 0 Å². The van der Waals surface area contributed by atoms with Crippen LogP contribution in [-0.2, 0) is 5.41 Å². The topological polar surface area (TPSA) is 99.9 Å². The standard InChI is InChI=1S/C13H17N5O2/c1-8-5-6-9(10(7-8)18(19)20)17-11(13(2,3)4)12(14)15-16-17/h5-7H,14H2,1-4H3. The molecule has 0 amide bonds. The Hall–Kier alpha value is -2.44. The molecule has 0 fully saturated rings. The smallest absolute Gasteiger partial charge is 0.295 e. The second-order valence-corrected chi connectivity index (χ2v) is 5.73. The summed E-state index contributed by atoms with van der Waals surface area (Å²) in [7, 11) is 0. The van der Waals surface area contributed by atoms with Crippen LogP contribution in [0, 0.1) is 17.0 Å². The first kappa shape index (κ1) is 14.0. The van der Waals surface area contributed by atoms with E-state index in [1.807, 2.05) is 20.8 Å². The Labute approximate surface area is 116 Å². The Bertz CT molecular complexity index is 670. The molecule has 0 radical (unpaired) electrons. The minimum Gasteiger partial charge on any atom is -0.381 e. The van der Waals surface area contributed by atoms with Gasteiger partial charge in [0.2, 0.25) is 0 Å². The predicted octanol–water partition coefficient (Wildman–Crippen LogP) is 2.36. The molecular weight excluding hydrogens is 258 g/mol. The molecule has 7 nitrogen and oxygen atoms in total. The number of nitro groups is 1. The number of aromatic nitrogens is 3. The predicted molar refractivity (Wildman–Crippen MR) is 75.9 cm³/mol. The van der Waals surface area contributed by atoms with Gasteiger partial charge in [0.15, 0.2) is 5.82 Å². The highest BCUT2D eigenvalue weighted by Crippen LogP contribution is 2.31. The fourth-order valence-electron chi connectivity index (χ4n) is 2.12. The first-order valence-electron chi connectivity index (χ1n) is 6.19. The lowest BCUT2D eigenvalue weighted by atomic mass is 9.91. The minimum atomic E-state index is -0.424. The van der Waals surface area contributed by atoms with Crippen molar-refractivity contribution in [1.29, 1.82) is 0 Å². The molecule has 106 valence electrons. The Kier molecular flexibility index (Phi) is 3.21. The van der Waals surface area contributed by atoms with Crippen LogP contribution in [0.4, 0.5) is 11.5 Å². The Morgan fingerprint density at radius 1 is 1.35 bits per heavy atom. The number of rotatable bonds is 2. The van der Waals surface area contributed by atoms with Crippen molar-refractivity contribution in [3.8, 4) is 5.69 Å². The maximum absolute atomic E-state index is 11.2. The van der Waals surface area contributed by atoms with Crippen LogP contribution in [0.1, 0.15) is 32.0 Å². The van der Waals surface area contributed by atoms with Crippen molar-refractivity contribution in [2.75, 3.05) is 5.73 Å². The summed E-state index contributed by atoms with van der Waals surface area (Å²) in [6.45, 7) is 7.67. The monoisotopic (exact) mass is 275 g/mol. The van der Waals surface area contributed by atoms with Gasteiger partial charge in [-0.1, -0.05) is 32.1 Å². The molecule has 0 aliphatic rings. The quantitative estimate of drug-likeness (QED) is 0.669. The van der Waals surface area contributed by atoms with E-state index in [9.17, 15) is 10.1 Å². The summed E-state index contributed by atoms with van der Waals surface area (Å²) in [5.41, 5.74) is 7.35. The van der Waals surface area contributed by atoms with Crippen molar-refractivity contribution in [3.05, 3.63) is 39.6 Å². The molecule has 0 saturated carbocycles. The average Bonchev–Trinajstić information content (AvgIpc) is 2.70. The number of anilines is 1. The third-order valence-electron chi connectivity index (χ3n) is 2.96. The highest BCUT2D eigenvalue weighted by molar-refractivity contribution is 5.56. The SMILES string of the molecule is Cc1ccc(-n2nnc(N)c2C(C)(C)C)c([N+](=O)[O-])c1. The van der Waals surface area contributed by atoms with Gasteiger partial charge in [-0.15, -0.1) is 5.10 Å². The zero-order chi connectivity index (χ0) is 15.1. The van der Waals surface area contributed by atoms with Gasteiger partial charge in [0.05, 0.1) is 10.6 Å². The normalized spacial score (nSPS) is 11.6. The lowest BCUT2D eigenvalue weighted by Gasteiger charge is -2.20. The molecule has 2 N–H and O–H groups in total. The summed E-state index contributed by atoms with van der Waals surface area (Å²) in [5.74, 6) is 0.285. The molecule has 0 atom stereocenters. The number of nitro benzene ring substituents is 1. The summed E-state index contributed by atoms with van der Waals surface area (Å²) >= 11 is 0. The maximum atomic E-state index is 11.2. The van der Waals surface area contributed by atoms with E-state index in [0.29, 0.717) is 11.4 Å². The number of hydrogen-bond donors (Lipinski definition) is 1. The summed E-state index contributed by atoms with van der Waals surface area (Å²) in [4.78, 5) is 10.8. The fraction of sp³-hybridized carbons (Fsp3) is 0.385. The summed E-state index contributed by atoms with van der Waals surface area (Å²) in [6, 6.07) is 4.98. The van der Waals surface area contributed by atoms with Crippen molar-refractivity contribution < 1.29 is 4.92 Å². The number of aryl methyl sites for hydroxylation is 1. The van der Waals surface area contributed by atoms with Crippen LogP contribution in [0.5, 0.6) is 0 Å². The van der Waals surface area contributed by atoms with Gasteiger partial charge in [-0.3, -0.25) is 10.1 Å². The molecule has 0 bridgehead atoms. The van der Waals surface area contributed by atoms with Crippen molar-refractivity contribution >= 4 is 11.5 Å². The van der Waals surface area contributed by atoms with E-state index >= 15 is 0 Å². The van der Waals surface area contributed by atoms with E-state index in [0.717, 1.165) is 5.56 Å². The van der Waals surface area contributed by atoms with Crippen molar-refractivity contribution in [1.82, 2.24) is 15.0 Å². The van der Waals surface area contributed by atoms with Crippen LogP contribution in [0.15, 0.2) is 18.2 Å². The lowest BCUT2D eigenvalue weighted by molar-refractivity contribution is -0.384. The van der Waals surface area contributed by atoms with Crippen LogP contribution in [0.25, 0.3) is 5.69 Å². The lowest BCUT2D eigenvalue weighted by Crippen LogP contribution is -2.19. The summed E-state index contributed by atoms with van der Waals surface area (Å²) in [5, 5.41) is 19.0. The molecule has 2 aromatic rings. The molecule has 1 aromatic carbocycles. The van der Waals surface area contributed by atoms with Gasteiger partial charge in [0.1, 0.15) is 5.69 Å². The summed E-state index contributed by atoms with van der Waals surface area (Å²) < 4.78 is 1.45. The van der Waals surface area contributed by atoms with E-state index in [-0.39, 0.29) is 16.9 Å². The highest BCUT2D eigenvalue weighted by atomic mass is 16.6. The Balaban J connectivity index is 2.73. The van der Waals surface area contributed by atoms with Crippen LogP contribution >= 0.6 is 0 Å². The zero-order valence-corrected chi connectivity index (χ0v) is 11.9. The van der Waals surface area contributed by atoms with Crippen LogP contribution in [0.2, 0.25) is 0 Å². The second-order valence-electron chi connectivity index (χ2n) is 5.73. The third kappa shape index (κ3) is 2.34. The van der Waals surface area contributed by atoms with E-state index in [1.165, 1.54) is 10.7 Å². The van der Waals surface area contributed by atoms with Crippen molar-refractivity contribution in [2.45, 2.75) is 33.1 Å². The van der Waals surface area contributed by atoms with E-state index < -0.39 is 4.92 Å². The van der Waals surface area contributed by atoms with Crippen LogP contribution in [0.3, 0.4) is 0 Å². The highest BCUT2D eigenvalue weighted by Gasteiger charge is 2.28. The molecular formula is C13H17N5O2. The molecule has 2 rings (SSSR count).